The van der Waals surface area contributed by atoms with Crippen molar-refractivity contribution in [2.75, 3.05) is 51.4 Å². The molecule has 5 rings (SSSR count). The number of nitrogen functional groups attached to an aromatic ring is 1. The second-order valence-corrected chi connectivity index (χ2v) is 9.45. The number of hydrogen-bond donors (Lipinski definition) is 4. The van der Waals surface area contributed by atoms with Crippen LogP contribution in [-0.2, 0) is 6.54 Å². The van der Waals surface area contributed by atoms with Gasteiger partial charge in [0.05, 0.1) is 24.9 Å². The summed E-state index contributed by atoms with van der Waals surface area (Å²) in [6.07, 6.45) is 7.15. The quantitative estimate of drug-likeness (QED) is 0.363. The highest BCUT2D eigenvalue weighted by atomic mass is 16.5. The fraction of sp³-hybridized carbons (Fsp3) is 0.440. The molecule has 1 aliphatic heterocycles. The number of benzene rings is 1. The van der Waals surface area contributed by atoms with Crippen LogP contribution in [0.15, 0.2) is 24.3 Å². The summed E-state index contributed by atoms with van der Waals surface area (Å²) in [5, 5.41) is 20.2. The molecular weight excluding hydrogens is 460 g/mol. The van der Waals surface area contributed by atoms with Gasteiger partial charge in [-0.3, -0.25) is 10.00 Å². The van der Waals surface area contributed by atoms with Crippen LogP contribution in [0.3, 0.4) is 0 Å². The van der Waals surface area contributed by atoms with Gasteiger partial charge in [0, 0.05) is 43.2 Å². The molecule has 11 nitrogen and oxygen atoms in total. The van der Waals surface area contributed by atoms with Crippen molar-refractivity contribution in [3.05, 3.63) is 41.4 Å². The molecule has 2 aromatic heterocycles. The van der Waals surface area contributed by atoms with Crippen LogP contribution in [0.1, 0.15) is 47.1 Å². The number of rotatable bonds is 7. The van der Waals surface area contributed by atoms with E-state index in [2.05, 4.69) is 44.5 Å². The molecule has 1 saturated heterocycles. The van der Waals surface area contributed by atoms with E-state index >= 15 is 0 Å². The van der Waals surface area contributed by atoms with Gasteiger partial charge < -0.3 is 25.8 Å². The van der Waals surface area contributed by atoms with Crippen molar-refractivity contribution in [2.24, 2.45) is 0 Å². The predicted molar refractivity (Wildman–Crippen MR) is 138 cm³/mol. The smallest absolute Gasteiger partial charge is 0.357 e. The van der Waals surface area contributed by atoms with Crippen molar-refractivity contribution in [1.29, 1.82) is 0 Å². The number of carboxylic acids is 1. The molecule has 3 heterocycles. The summed E-state index contributed by atoms with van der Waals surface area (Å²) in [4.78, 5) is 26.0. The van der Waals surface area contributed by atoms with Crippen molar-refractivity contribution >= 4 is 34.2 Å². The van der Waals surface area contributed by atoms with Gasteiger partial charge in [0.1, 0.15) is 23.2 Å². The number of piperazine rings is 1. The first-order valence-electron chi connectivity index (χ1n) is 12.2. The average Bonchev–Trinajstić information content (AvgIpc) is 3.28. The molecule has 5 N–H and O–H groups in total. The van der Waals surface area contributed by atoms with Gasteiger partial charge in [0.15, 0.2) is 5.69 Å². The number of nitrogens with two attached hydrogens (primary N) is 1. The predicted octanol–water partition coefficient (Wildman–Crippen LogP) is 2.96. The minimum atomic E-state index is -1.10. The zero-order chi connectivity index (χ0) is 25.2. The van der Waals surface area contributed by atoms with Crippen molar-refractivity contribution < 1.29 is 14.6 Å². The van der Waals surface area contributed by atoms with Crippen LogP contribution in [-0.4, -0.2) is 81.4 Å². The Morgan fingerprint density at radius 2 is 2.06 bits per heavy atom. The van der Waals surface area contributed by atoms with E-state index in [1.165, 1.54) is 0 Å². The Kier molecular flexibility index (Phi) is 6.75. The van der Waals surface area contributed by atoms with Gasteiger partial charge in [-0.15, -0.1) is 0 Å². The molecule has 0 saturated carbocycles. The molecule has 2 aliphatic rings. The highest BCUT2D eigenvalue weighted by Gasteiger charge is 2.25. The molecule has 1 unspecified atom stereocenters. The number of nitrogens with one attached hydrogen (secondary N) is 2. The highest BCUT2D eigenvalue weighted by Crippen LogP contribution is 2.39. The van der Waals surface area contributed by atoms with Crippen molar-refractivity contribution in [3.63, 3.8) is 0 Å². The summed E-state index contributed by atoms with van der Waals surface area (Å²) in [5.74, 6) is 1.39. The lowest BCUT2D eigenvalue weighted by Crippen LogP contribution is -2.44. The topological polar surface area (TPSA) is 146 Å². The Bertz CT molecular complexity index is 1300. The maximum Gasteiger partial charge on any atom is 0.357 e. The zero-order valence-corrected chi connectivity index (χ0v) is 20.6. The normalized spacial score (nSPS) is 19.0. The van der Waals surface area contributed by atoms with Crippen LogP contribution in [0.4, 0.5) is 17.3 Å². The Morgan fingerprint density at radius 1 is 1.25 bits per heavy atom. The van der Waals surface area contributed by atoms with Crippen LogP contribution >= 0.6 is 0 Å². The van der Waals surface area contributed by atoms with Gasteiger partial charge in [0.25, 0.3) is 0 Å². The lowest BCUT2D eigenvalue weighted by Gasteiger charge is -2.32. The molecule has 3 aromatic rings. The summed E-state index contributed by atoms with van der Waals surface area (Å²) in [7, 11) is 3.70. The third-order valence-electron chi connectivity index (χ3n) is 7.00. The van der Waals surface area contributed by atoms with Crippen LogP contribution in [0.25, 0.3) is 10.9 Å². The number of anilines is 3. The minimum Gasteiger partial charge on any atom is -0.494 e. The van der Waals surface area contributed by atoms with E-state index in [-0.39, 0.29) is 11.6 Å². The average molecular weight is 493 g/mol. The maximum absolute atomic E-state index is 11.7. The molecular formula is C25H32N8O3. The summed E-state index contributed by atoms with van der Waals surface area (Å²) in [5.41, 5.74) is 8.57. The lowest BCUT2D eigenvalue weighted by molar-refractivity contribution is 0.0692. The second kappa shape index (κ2) is 10.1. The molecule has 190 valence electrons. The molecule has 0 spiro atoms. The van der Waals surface area contributed by atoms with Gasteiger partial charge in [-0.05, 0) is 38.3 Å². The number of allylic oxidation sites excluding steroid dienone is 2. The summed E-state index contributed by atoms with van der Waals surface area (Å²) < 4.78 is 5.62. The first kappa shape index (κ1) is 24.0. The molecule has 0 bridgehead atoms. The number of hydrogen-bond acceptors (Lipinski definition) is 9. The SMILES string of the molecule is COc1cc2[nH]nc(C(=O)O)c2cc1Nc1nc(CN2CCN(C)CC2)nc(N)c1C1CC=CCC1. The number of nitrogens with zero attached hydrogens (tertiary/aromatic N) is 5. The monoisotopic (exact) mass is 492 g/mol. The molecule has 0 radical (unpaired) electrons. The lowest BCUT2D eigenvalue weighted by atomic mass is 9.88. The fourth-order valence-corrected chi connectivity index (χ4v) is 4.97. The number of ether oxygens (including phenoxy) is 1. The van der Waals surface area contributed by atoms with Crippen molar-refractivity contribution in [2.45, 2.75) is 31.7 Å². The van der Waals surface area contributed by atoms with Crippen LogP contribution in [0, 0.1) is 0 Å². The van der Waals surface area contributed by atoms with Gasteiger partial charge >= 0.3 is 5.97 Å². The van der Waals surface area contributed by atoms with E-state index in [0.29, 0.717) is 46.3 Å². The summed E-state index contributed by atoms with van der Waals surface area (Å²) in [6, 6.07) is 3.46. The Morgan fingerprint density at radius 3 is 2.75 bits per heavy atom. The molecule has 0 amide bonds. The standard InChI is InChI=1S/C25H32N8O3/c1-32-8-10-33(11-9-32)14-20-28-23(26)21(15-6-4-3-5-7-15)24(29-20)27-18-12-16-17(13-19(18)36-2)30-31-22(16)25(34)35/h3-4,12-13,15H,5-11,14H2,1-2H3,(H,30,31)(H,34,35)(H3,26,27,28,29). The Balaban J connectivity index is 1.55. The van der Waals surface area contributed by atoms with Gasteiger partial charge in [-0.25, -0.2) is 14.8 Å². The van der Waals surface area contributed by atoms with Crippen LogP contribution < -0.4 is 15.8 Å². The number of carboxylic acid groups (broad SMARTS) is 1. The van der Waals surface area contributed by atoms with Crippen LogP contribution in [0.5, 0.6) is 5.75 Å². The number of carbonyl (C=O) groups is 1. The number of methoxy groups -OCH3 is 1. The highest BCUT2D eigenvalue weighted by molar-refractivity contribution is 6.03. The number of aromatic amines is 1. The molecule has 1 atom stereocenters. The number of H-pyrrole nitrogens is 1. The fourth-order valence-electron chi connectivity index (χ4n) is 4.97. The second-order valence-electron chi connectivity index (χ2n) is 9.45. The molecule has 1 aromatic carbocycles. The number of likely N-dealkylation sites (N-methyl/N-ethyl adjacent to an activating group) is 1. The molecule has 1 aliphatic carbocycles. The Labute approximate surface area is 209 Å². The van der Waals surface area contributed by atoms with E-state index in [1.54, 1.807) is 19.2 Å². The third-order valence-corrected chi connectivity index (χ3v) is 7.00. The van der Waals surface area contributed by atoms with Gasteiger partial charge in [-0.2, -0.15) is 5.10 Å². The number of fused-ring (bicyclic) bond motifs is 1. The van der Waals surface area contributed by atoms with Gasteiger partial charge in [-0.1, -0.05) is 12.2 Å². The van der Waals surface area contributed by atoms with Crippen molar-refractivity contribution in [3.8, 4) is 5.75 Å². The third kappa shape index (κ3) is 4.84. The first-order chi connectivity index (χ1) is 17.4. The summed E-state index contributed by atoms with van der Waals surface area (Å²) in [6.45, 7) is 4.50. The first-order valence-corrected chi connectivity index (χ1v) is 12.2. The van der Waals surface area contributed by atoms with E-state index in [4.69, 9.17) is 20.4 Å². The Hall–Kier alpha value is -3.70. The maximum atomic E-state index is 11.7. The molecule has 36 heavy (non-hydrogen) atoms. The molecule has 11 heteroatoms. The van der Waals surface area contributed by atoms with Gasteiger partial charge in [0.2, 0.25) is 0 Å². The summed E-state index contributed by atoms with van der Waals surface area (Å²) >= 11 is 0. The van der Waals surface area contributed by atoms with E-state index in [0.717, 1.165) is 51.0 Å². The number of aromatic carboxylic acids is 1. The van der Waals surface area contributed by atoms with E-state index in [1.807, 2.05) is 0 Å². The zero-order valence-electron chi connectivity index (χ0n) is 20.6. The van der Waals surface area contributed by atoms with Crippen molar-refractivity contribution in [1.82, 2.24) is 30.0 Å². The largest absolute Gasteiger partial charge is 0.494 e. The minimum absolute atomic E-state index is 0.0497. The van der Waals surface area contributed by atoms with E-state index in [9.17, 15) is 9.90 Å². The van der Waals surface area contributed by atoms with E-state index < -0.39 is 5.97 Å². The molecule has 1 fully saturated rings. The van der Waals surface area contributed by atoms with Crippen LogP contribution in [0.2, 0.25) is 0 Å². The number of aromatic nitrogens is 4.